The Morgan fingerprint density at radius 2 is 1.54 bits per heavy atom. The van der Waals surface area contributed by atoms with Crippen molar-refractivity contribution in [3.05, 3.63) is 132 Å². The fourth-order valence-corrected chi connectivity index (χ4v) is 6.18. The standard InChI is InChI=1S/C30H27N3O3S/c1-23-15-17-27(18-16-23)37(35,36)32-22-24(20-28(32)25-10-4-2-5-11-25)21-30(34)33(26-12-6-3-7-13-26)29-14-8-9-19-31-29/h2-19,21,28H,20,22H2,1H3/b24-21-. The van der Waals surface area contributed by atoms with Crippen LogP contribution in [0.2, 0.25) is 0 Å². The topological polar surface area (TPSA) is 70.6 Å². The average molecular weight is 510 g/mol. The summed E-state index contributed by atoms with van der Waals surface area (Å²) in [6.07, 6.45) is 3.62. The van der Waals surface area contributed by atoms with E-state index in [-0.39, 0.29) is 17.3 Å². The van der Waals surface area contributed by atoms with Gasteiger partial charge in [0.2, 0.25) is 10.0 Å². The summed E-state index contributed by atoms with van der Waals surface area (Å²) in [6.45, 7) is 2.05. The number of rotatable bonds is 6. The van der Waals surface area contributed by atoms with Gasteiger partial charge in [0, 0.05) is 18.8 Å². The molecule has 2 heterocycles. The van der Waals surface area contributed by atoms with E-state index in [0.29, 0.717) is 17.9 Å². The van der Waals surface area contributed by atoms with Gasteiger partial charge >= 0.3 is 0 Å². The predicted molar refractivity (Wildman–Crippen MR) is 145 cm³/mol. The van der Waals surface area contributed by atoms with Crippen molar-refractivity contribution in [3.63, 3.8) is 0 Å². The van der Waals surface area contributed by atoms with Crippen LogP contribution < -0.4 is 4.90 Å². The fraction of sp³-hybridized carbons (Fsp3) is 0.133. The molecule has 1 atom stereocenters. The SMILES string of the molecule is Cc1ccc(S(=O)(=O)N2C/C(=C\C(=O)N(c3ccccc3)c3ccccn3)CC2c2ccccc2)cc1. The number of amides is 1. The quantitative estimate of drug-likeness (QED) is 0.307. The van der Waals surface area contributed by atoms with Crippen molar-refractivity contribution < 1.29 is 13.2 Å². The van der Waals surface area contributed by atoms with Crippen LogP contribution in [0.3, 0.4) is 0 Å². The van der Waals surface area contributed by atoms with Crippen molar-refractivity contribution in [2.45, 2.75) is 24.3 Å². The molecule has 0 spiro atoms. The molecule has 1 unspecified atom stereocenters. The molecule has 1 aliphatic heterocycles. The number of aryl methyl sites for hydroxylation is 1. The lowest BCUT2D eigenvalue weighted by molar-refractivity contribution is -0.113. The Kier molecular flexibility index (Phi) is 6.99. The molecule has 5 rings (SSSR count). The zero-order chi connectivity index (χ0) is 25.8. The second-order valence-electron chi connectivity index (χ2n) is 8.99. The second-order valence-corrected chi connectivity index (χ2v) is 10.9. The van der Waals surface area contributed by atoms with Crippen molar-refractivity contribution in [1.29, 1.82) is 0 Å². The first-order chi connectivity index (χ1) is 17.9. The van der Waals surface area contributed by atoms with Crippen molar-refractivity contribution in [3.8, 4) is 0 Å². The molecule has 6 nitrogen and oxygen atoms in total. The molecule has 1 aliphatic rings. The number of pyridine rings is 1. The van der Waals surface area contributed by atoms with E-state index in [1.807, 2.05) is 73.7 Å². The number of nitrogens with zero attached hydrogens (tertiary/aromatic N) is 3. The Labute approximate surface area is 217 Å². The molecule has 0 saturated carbocycles. The van der Waals surface area contributed by atoms with Crippen molar-refractivity contribution in [1.82, 2.24) is 9.29 Å². The van der Waals surface area contributed by atoms with Crippen LogP contribution in [0.15, 0.2) is 126 Å². The highest BCUT2D eigenvalue weighted by molar-refractivity contribution is 7.89. The molecule has 0 bridgehead atoms. The number of aromatic nitrogens is 1. The van der Waals surface area contributed by atoms with Crippen molar-refractivity contribution in [2.75, 3.05) is 11.4 Å². The number of sulfonamides is 1. The number of benzene rings is 3. The predicted octanol–water partition coefficient (Wildman–Crippen LogP) is 5.82. The highest BCUT2D eigenvalue weighted by atomic mass is 32.2. The molecule has 3 aromatic carbocycles. The van der Waals surface area contributed by atoms with Crippen LogP contribution in [0.25, 0.3) is 0 Å². The zero-order valence-corrected chi connectivity index (χ0v) is 21.3. The summed E-state index contributed by atoms with van der Waals surface area (Å²) in [5, 5.41) is 0. The summed E-state index contributed by atoms with van der Waals surface area (Å²) in [5.74, 6) is 0.221. The molecule has 1 fully saturated rings. The van der Waals surface area contributed by atoms with E-state index in [4.69, 9.17) is 0 Å². The largest absolute Gasteiger partial charge is 0.269 e. The van der Waals surface area contributed by atoms with Crippen molar-refractivity contribution in [2.24, 2.45) is 0 Å². The minimum Gasteiger partial charge on any atom is -0.269 e. The van der Waals surface area contributed by atoms with Gasteiger partial charge in [-0.1, -0.05) is 72.3 Å². The first kappa shape index (κ1) is 24.6. The molecule has 1 amide bonds. The van der Waals surface area contributed by atoms with Crippen LogP contribution in [-0.4, -0.2) is 30.2 Å². The lowest BCUT2D eigenvalue weighted by Crippen LogP contribution is -2.31. The van der Waals surface area contributed by atoms with Crippen LogP contribution in [0.4, 0.5) is 11.5 Å². The molecule has 186 valence electrons. The normalized spacial score (nSPS) is 17.1. The summed E-state index contributed by atoms with van der Waals surface area (Å²) < 4.78 is 29.0. The van der Waals surface area contributed by atoms with Gasteiger partial charge in [0.05, 0.1) is 16.6 Å². The van der Waals surface area contributed by atoms with Crippen LogP contribution >= 0.6 is 0 Å². The van der Waals surface area contributed by atoms with Gasteiger partial charge in [0.15, 0.2) is 0 Å². The first-order valence-electron chi connectivity index (χ1n) is 12.1. The fourth-order valence-electron chi connectivity index (χ4n) is 4.56. The van der Waals surface area contributed by atoms with Gasteiger partial charge in [-0.25, -0.2) is 13.4 Å². The van der Waals surface area contributed by atoms with Crippen LogP contribution in [0.1, 0.15) is 23.6 Å². The van der Waals surface area contributed by atoms with Gasteiger partial charge in [0.1, 0.15) is 5.82 Å². The lowest BCUT2D eigenvalue weighted by atomic mass is 10.0. The number of para-hydroxylation sites is 1. The Balaban J connectivity index is 1.52. The number of anilines is 2. The molecule has 0 N–H and O–H groups in total. The van der Waals surface area contributed by atoms with E-state index >= 15 is 0 Å². The molecule has 37 heavy (non-hydrogen) atoms. The van der Waals surface area contributed by atoms with E-state index in [1.165, 1.54) is 4.31 Å². The van der Waals surface area contributed by atoms with Crippen molar-refractivity contribution >= 4 is 27.4 Å². The summed E-state index contributed by atoms with van der Waals surface area (Å²) in [5.41, 5.74) is 3.30. The van der Waals surface area contributed by atoms with E-state index in [1.54, 1.807) is 53.6 Å². The minimum absolute atomic E-state index is 0.131. The first-order valence-corrected chi connectivity index (χ1v) is 13.5. The number of carbonyl (C=O) groups excluding carboxylic acids is 1. The molecule has 1 saturated heterocycles. The Bertz CT molecular complexity index is 1470. The number of hydrogen-bond donors (Lipinski definition) is 0. The van der Waals surface area contributed by atoms with Crippen LogP contribution in [-0.2, 0) is 14.8 Å². The van der Waals surface area contributed by atoms with E-state index in [9.17, 15) is 13.2 Å². The third-order valence-electron chi connectivity index (χ3n) is 6.41. The average Bonchev–Trinajstić information content (AvgIpc) is 3.35. The maximum absolute atomic E-state index is 13.7. The minimum atomic E-state index is -3.79. The third-order valence-corrected chi connectivity index (χ3v) is 8.28. The highest BCUT2D eigenvalue weighted by Crippen LogP contribution is 2.39. The van der Waals surface area contributed by atoms with E-state index in [2.05, 4.69) is 4.98 Å². The number of hydrogen-bond acceptors (Lipinski definition) is 4. The van der Waals surface area contributed by atoms with Gasteiger partial charge in [-0.05, 0) is 60.9 Å². The van der Waals surface area contributed by atoms with Gasteiger partial charge in [-0.3, -0.25) is 9.69 Å². The molecule has 4 aromatic rings. The molecule has 1 aromatic heterocycles. The Hall–Kier alpha value is -4.07. The van der Waals surface area contributed by atoms with Gasteiger partial charge in [-0.15, -0.1) is 0 Å². The maximum Gasteiger partial charge on any atom is 0.256 e. The summed E-state index contributed by atoms with van der Waals surface area (Å²) in [6, 6.07) is 30.7. The Morgan fingerprint density at radius 3 is 2.19 bits per heavy atom. The molecular weight excluding hydrogens is 482 g/mol. The zero-order valence-electron chi connectivity index (χ0n) is 20.4. The summed E-state index contributed by atoms with van der Waals surface area (Å²) >= 11 is 0. The smallest absolute Gasteiger partial charge is 0.256 e. The maximum atomic E-state index is 13.7. The van der Waals surface area contributed by atoms with Crippen LogP contribution in [0, 0.1) is 6.92 Å². The van der Waals surface area contributed by atoms with Gasteiger partial charge in [-0.2, -0.15) is 4.31 Å². The summed E-state index contributed by atoms with van der Waals surface area (Å²) in [7, 11) is -3.79. The van der Waals surface area contributed by atoms with E-state index < -0.39 is 16.1 Å². The third kappa shape index (κ3) is 5.23. The molecule has 0 radical (unpaired) electrons. The monoisotopic (exact) mass is 509 g/mol. The second kappa shape index (κ2) is 10.5. The number of carbonyl (C=O) groups is 1. The molecule has 7 heteroatoms. The Morgan fingerprint density at radius 1 is 0.892 bits per heavy atom. The van der Waals surface area contributed by atoms with Crippen LogP contribution in [0.5, 0.6) is 0 Å². The van der Waals surface area contributed by atoms with Gasteiger partial charge < -0.3 is 0 Å². The summed E-state index contributed by atoms with van der Waals surface area (Å²) in [4.78, 5) is 19.8. The van der Waals surface area contributed by atoms with E-state index in [0.717, 1.165) is 16.7 Å². The molecular formula is C30H27N3O3S. The molecule has 0 aliphatic carbocycles. The van der Waals surface area contributed by atoms with Gasteiger partial charge in [0.25, 0.3) is 5.91 Å². The highest BCUT2D eigenvalue weighted by Gasteiger charge is 2.39. The lowest BCUT2D eigenvalue weighted by Gasteiger charge is -2.24.